The van der Waals surface area contributed by atoms with Gasteiger partial charge in [0.25, 0.3) is 5.69 Å². The normalized spacial score (nSPS) is 12.2. The van der Waals surface area contributed by atoms with Crippen molar-refractivity contribution in [3.8, 4) is 11.5 Å². The summed E-state index contributed by atoms with van der Waals surface area (Å²) in [5.41, 5.74) is 1.68. The average Bonchev–Trinajstić information content (AvgIpc) is 3.24. The van der Waals surface area contributed by atoms with Crippen LogP contribution < -0.4 is 5.32 Å². The predicted octanol–water partition coefficient (Wildman–Crippen LogP) is 2.22. The van der Waals surface area contributed by atoms with E-state index in [0.717, 1.165) is 5.56 Å². The molecular weight excluding hydrogens is 300 g/mol. The monoisotopic (exact) mass is 314 g/mol. The first-order valence-electron chi connectivity index (χ1n) is 6.93. The Morgan fingerprint density at radius 3 is 2.78 bits per heavy atom. The van der Waals surface area contributed by atoms with Gasteiger partial charge in [0.2, 0.25) is 11.8 Å². The van der Waals surface area contributed by atoms with Crippen LogP contribution in [0.5, 0.6) is 0 Å². The van der Waals surface area contributed by atoms with Crippen LogP contribution >= 0.6 is 0 Å². The van der Waals surface area contributed by atoms with Crippen molar-refractivity contribution >= 4 is 5.69 Å². The Morgan fingerprint density at radius 1 is 1.35 bits per heavy atom. The van der Waals surface area contributed by atoms with Gasteiger partial charge in [-0.1, -0.05) is 0 Å². The Bertz CT molecular complexity index is 781. The Kier molecular flexibility index (Phi) is 4.11. The predicted molar refractivity (Wildman–Crippen MR) is 80.2 cm³/mol. The van der Waals surface area contributed by atoms with Crippen molar-refractivity contribution in [1.82, 2.24) is 25.7 Å². The van der Waals surface area contributed by atoms with Gasteiger partial charge in [0.15, 0.2) is 0 Å². The first-order valence-corrected chi connectivity index (χ1v) is 6.93. The molecule has 0 amide bonds. The van der Waals surface area contributed by atoms with Gasteiger partial charge in [0.1, 0.15) is 0 Å². The molecule has 9 heteroatoms. The number of aromatic nitrogens is 4. The molecule has 1 atom stereocenters. The van der Waals surface area contributed by atoms with Crippen LogP contribution in [-0.2, 0) is 6.54 Å². The van der Waals surface area contributed by atoms with Crippen molar-refractivity contribution in [2.24, 2.45) is 0 Å². The third-order valence-corrected chi connectivity index (χ3v) is 3.37. The van der Waals surface area contributed by atoms with E-state index < -0.39 is 4.92 Å². The maximum Gasteiger partial charge on any atom is 0.269 e. The molecule has 0 spiro atoms. The van der Waals surface area contributed by atoms with Gasteiger partial charge < -0.3 is 9.73 Å². The Balaban J connectivity index is 1.64. The smallest absolute Gasteiger partial charge is 0.269 e. The minimum absolute atomic E-state index is 0.0177. The van der Waals surface area contributed by atoms with Crippen LogP contribution in [-0.4, -0.2) is 25.3 Å². The van der Waals surface area contributed by atoms with Crippen molar-refractivity contribution in [3.63, 3.8) is 0 Å². The van der Waals surface area contributed by atoms with Crippen LogP contribution in [0.3, 0.4) is 0 Å². The number of nitrogens with one attached hydrogen (secondary N) is 2. The van der Waals surface area contributed by atoms with Crippen molar-refractivity contribution < 1.29 is 9.34 Å². The van der Waals surface area contributed by atoms with E-state index in [1.165, 1.54) is 12.1 Å². The summed E-state index contributed by atoms with van der Waals surface area (Å²) in [4.78, 5) is 10.2. The fraction of sp³-hybridized carbons (Fsp3) is 0.214. The van der Waals surface area contributed by atoms with E-state index in [4.69, 9.17) is 4.42 Å². The Labute approximate surface area is 130 Å². The molecule has 3 aromatic rings. The van der Waals surface area contributed by atoms with Crippen LogP contribution in [0.4, 0.5) is 5.69 Å². The maximum absolute atomic E-state index is 10.6. The van der Waals surface area contributed by atoms with Gasteiger partial charge in [0, 0.05) is 35.5 Å². The molecule has 0 radical (unpaired) electrons. The lowest BCUT2D eigenvalue weighted by Crippen LogP contribution is -2.17. The third-order valence-electron chi connectivity index (χ3n) is 3.37. The van der Waals surface area contributed by atoms with Gasteiger partial charge in [-0.15, -0.1) is 10.2 Å². The van der Waals surface area contributed by atoms with E-state index in [9.17, 15) is 10.1 Å². The van der Waals surface area contributed by atoms with Crippen LogP contribution in [0.25, 0.3) is 11.5 Å². The molecule has 9 nitrogen and oxygen atoms in total. The van der Waals surface area contributed by atoms with Gasteiger partial charge in [-0.2, -0.15) is 5.10 Å². The summed E-state index contributed by atoms with van der Waals surface area (Å²) in [5, 5.41) is 28.5. The second-order valence-electron chi connectivity index (χ2n) is 4.94. The molecule has 118 valence electrons. The molecule has 2 heterocycles. The molecule has 0 aliphatic rings. The summed E-state index contributed by atoms with van der Waals surface area (Å²) in [7, 11) is 0. The van der Waals surface area contributed by atoms with E-state index in [2.05, 4.69) is 25.7 Å². The van der Waals surface area contributed by atoms with Crippen molar-refractivity contribution in [3.05, 3.63) is 58.2 Å². The van der Waals surface area contributed by atoms with Gasteiger partial charge in [-0.25, -0.2) is 0 Å². The maximum atomic E-state index is 10.6. The van der Waals surface area contributed by atoms with Gasteiger partial charge in [0.05, 0.1) is 17.7 Å². The zero-order valence-corrected chi connectivity index (χ0v) is 12.3. The second kappa shape index (κ2) is 6.36. The largest absolute Gasteiger partial charge is 0.419 e. The molecule has 2 aromatic heterocycles. The summed E-state index contributed by atoms with van der Waals surface area (Å²) in [5.74, 6) is 0.765. The molecule has 1 aromatic carbocycles. The van der Waals surface area contributed by atoms with Crippen LogP contribution in [0.15, 0.2) is 41.1 Å². The first-order chi connectivity index (χ1) is 11.1. The lowest BCUT2D eigenvalue weighted by molar-refractivity contribution is -0.384. The molecule has 0 saturated heterocycles. The lowest BCUT2D eigenvalue weighted by atomic mass is 10.2. The van der Waals surface area contributed by atoms with Crippen molar-refractivity contribution in [2.75, 3.05) is 0 Å². The number of non-ortho nitro benzene ring substituents is 1. The van der Waals surface area contributed by atoms with E-state index >= 15 is 0 Å². The van der Waals surface area contributed by atoms with Gasteiger partial charge >= 0.3 is 0 Å². The number of nitro benzene ring substituents is 1. The second-order valence-corrected chi connectivity index (χ2v) is 4.94. The first kappa shape index (κ1) is 14.9. The Morgan fingerprint density at radius 2 is 2.13 bits per heavy atom. The van der Waals surface area contributed by atoms with E-state index in [1.807, 2.05) is 13.1 Å². The highest BCUT2D eigenvalue weighted by Gasteiger charge is 2.12. The van der Waals surface area contributed by atoms with Crippen molar-refractivity contribution in [1.29, 1.82) is 0 Å². The molecule has 0 aliphatic heterocycles. The summed E-state index contributed by atoms with van der Waals surface area (Å²) in [6, 6.07) is 6.05. The minimum Gasteiger partial charge on any atom is -0.419 e. The number of rotatable bonds is 6. The van der Waals surface area contributed by atoms with Crippen LogP contribution in [0.2, 0.25) is 0 Å². The van der Waals surface area contributed by atoms with E-state index in [-0.39, 0.29) is 11.7 Å². The lowest BCUT2D eigenvalue weighted by Gasteiger charge is -2.09. The number of aromatic amines is 1. The van der Waals surface area contributed by atoms with Crippen molar-refractivity contribution in [2.45, 2.75) is 19.5 Å². The van der Waals surface area contributed by atoms with Crippen LogP contribution in [0.1, 0.15) is 24.4 Å². The highest BCUT2D eigenvalue weighted by atomic mass is 16.6. The number of benzene rings is 1. The molecule has 0 fully saturated rings. The molecule has 2 N–H and O–H groups in total. The van der Waals surface area contributed by atoms with Gasteiger partial charge in [-0.3, -0.25) is 15.2 Å². The molecule has 0 unspecified atom stereocenters. The molecule has 3 rings (SSSR count). The Hall–Kier alpha value is -3.07. The topological polar surface area (TPSA) is 123 Å². The summed E-state index contributed by atoms with van der Waals surface area (Å²) < 4.78 is 5.56. The third kappa shape index (κ3) is 3.40. The standard InChI is InChI=1S/C14H14N6O3/c1-9(11-6-16-17-7-11)15-8-13-18-19-14(23-13)10-2-4-12(5-3-10)20(21)22/h2-7,9,15H,8H2,1H3,(H,16,17)/t9-/m1/s1. The summed E-state index contributed by atoms with van der Waals surface area (Å²) >= 11 is 0. The molecular formula is C14H14N6O3. The highest BCUT2D eigenvalue weighted by Crippen LogP contribution is 2.21. The summed E-state index contributed by atoms with van der Waals surface area (Å²) in [6.07, 6.45) is 3.56. The average molecular weight is 314 g/mol. The quantitative estimate of drug-likeness (QED) is 0.528. The highest BCUT2D eigenvalue weighted by molar-refractivity contribution is 5.55. The molecule has 0 aliphatic carbocycles. The van der Waals surface area contributed by atoms with Gasteiger partial charge in [-0.05, 0) is 19.1 Å². The summed E-state index contributed by atoms with van der Waals surface area (Å²) in [6.45, 7) is 2.41. The zero-order valence-electron chi connectivity index (χ0n) is 12.3. The fourth-order valence-electron chi connectivity index (χ4n) is 2.02. The number of hydrogen-bond acceptors (Lipinski definition) is 7. The fourth-order valence-corrected chi connectivity index (χ4v) is 2.02. The molecule has 0 bridgehead atoms. The van der Waals surface area contributed by atoms with E-state index in [0.29, 0.717) is 23.9 Å². The minimum atomic E-state index is -0.454. The number of hydrogen-bond donors (Lipinski definition) is 2. The van der Waals surface area contributed by atoms with Crippen LogP contribution in [0, 0.1) is 10.1 Å². The molecule has 23 heavy (non-hydrogen) atoms. The number of nitro groups is 1. The van der Waals surface area contributed by atoms with E-state index in [1.54, 1.807) is 18.3 Å². The number of nitrogens with zero attached hydrogens (tertiary/aromatic N) is 4. The molecule has 0 saturated carbocycles. The number of H-pyrrole nitrogens is 1. The zero-order chi connectivity index (χ0) is 16.2. The SMILES string of the molecule is C[C@@H](NCc1nnc(-c2ccc([N+](=O)[O-])cc2)o1)c1cn[nH]c1.